The Balaban J connectivity index is 0.000000598. The quantitative estimate of drug-likeness (QED) is 0.464. The Bertz CT molecular complexity index is 1070. The number of benzene rings is 2. The van der Waals surface area contributed by atoms with Crippen LogP contribution in [0.3, 0.4) is 0 Å². The van der Waals surface area contributed by atoms with Crippen LogP contribution in [-0.4, -0.2) is 34.0 Å². The lowest BCUT2D eigenvalue weighted by Gasteiger charge is -2.11. The van der Waals surface area contributed by atoms with Crippen molar-refractivity contribution in [3.05, 3.63) is 53.1 Å². The van der Waals surface area contributed by atoms with Gasteiger partial charge in [0.2, 0.25) is 5.82 Å². The number of ether oxygens (including phenoxy) is 1. The third kappa shape index (κ3) is 8.50. The number of aryl methyl sites for hydroxylation is 1. The van der Waals surface area contributed by atoms with E-state index in [4.69, 9.17) is 20.1 Å². The second-order valence-electron chi connectivity index (χ2n) is 7.87. The molecule has 0 saturated heterocycles. The van der Waals surface area contributed by atoms with Crippen molar-refractivity contribution in [2.45, 2.75) is 79.9 Å². The van der Waals surface area contributed by atoms with Gasteiger partial charge in [0.05, 0.1) is 18.3 Å². The molecule has 0 amide bonds. The van der Waals surface area contributed by atoms with E-state index in [1.54, 1.807) is 19.1 Å². The third-order valence-corrected chi connectivity index (χ3v) is 4.81. The van der Waals surface area contributed by atoms with Crippen molar-refractivity contribution in [3.8, 4) is 34.7 Å². The van der Waals surface area contributed by atoms with Crippen molar-refractivity contribution in [3.63, 3.8) is 0 Å². The van der Waals surface area contributed by atoms with Crippen LogP contribution >= 0.6 is 0 Å². The number of nitriles is 1. The Morgan fingerprint density at radius 2 is 1.80 bits per heavy atom. The molecule has 35 heavy (non-hydrogen) atoms. The molecule has 1 aromatic heterocycles. The highest BCUT2D eigenvalue weighted by atomic mass is 16.5. The van der Waals surface area contributed by atoms with Gasteiger partial charge in [-0.05, 0) is 69.4 Å². The molecule has 0 aliphatic heterocycles. The first kappa shape index (κ1) is 29.8. The average molecular weight is 481 g/mol. The predicted molar refractivity (Wildman–Crippen MR) is 141 cm³/mol. The van der Waals surface area contributed by atoms with Crippen LogP contribution < -0.4 is 10.5 Å². The largest absolute Gasteiger partial charge is 0.490 e. The number of hydrogen-bond acceptors (Lipinski definition) is 7. The molecule has 1 aliphatic carbocycles. The minimum Gasteiger partial charge on any atom is -0.490 e. The molecule has 1 heterocycles. The lowest BCUT2D eigenvalue weighted by Crippen LogP contribution is -2.18. The number of aliphatic hydroxyl groups is 1. The molecular weight excluding hydrogens is 440 g/mol. The van der Waals surface area contributed by atoms with Crippen LogP contribution in [0.1, 0.15) is 71.6 Å². The summed E-state index contributed by atoms with van der Waals surface area (Å²) in [6.07, 6.45) is 3.33. The molecule has 1 unspecified atom stereocenters. The summed E-state index contributed by atoms with van der Waals surface area (Å²) < 4.78 is 11.1. The van der Waals surface area contributed by atoms with Gasteiger partial charge in [0.25, 0.3) is 5.89 Å². The van der Waals surface area contributed by atoms with Crippen LogP contribution in [0.4, 0.5) is 0 Å². The summed E-state index contributed by atoms with van der Waals surface area (Å²) >= 11 is 0. The molecule has 190 valence electrons. The van der Waals surface area contributed by atoms with Gasteiger partial charge < -0.3 is 20.1 Å². The smallest absolute Gasteiger partial charge is 0.258 e. The topological polar surface area (TPSA) is 118 Å². The Kier molecular flexibility index (Phi) is 13.3. The van der Waals surface area contributed by atoms with Crippen LogP contribution in [0.15, 0.2) is 40.9 Å². The van der Waals surface area contributed by atoms with Crippen molar-refractivity contribution in [1.82, 2.24) is 10.1 Å². The summed E-state index contributed by atoms with van der Waals surface area (Å²) in [5, 5.41) is 21.6. The lowest BCUT2D eigenvalue weighted by atomic mass is 10.0. The minimum atomic E-state index is -0.0602. The fourth-order valence-corrected chi connectivity index (χ4v) is 3.39. The highest BCUT2D eigenvalue weighted by molar-refractivity contribution is 5.66. The maximum atomic E-state index is 9.40. The van der Waals surface area contributed by atoms with Crippen LogP contribution in [0, 0.1) is 11.3 Å². The van der Waals surface area contributed by atoms with E-state index >= 15 is 0 Å². The molecular formula is C28H40N4O3. The number of aliphatic hydroxyl groups excluding tert-OH is 1. The molecule has 7 heteroatoms. The molecule has 1 atom stereocenters. The van der Waals surface area contributed by atoms with Crippen LogP contribution in [-0.2, 0) is 12.8 Å². The molecule has 0 spiro atoms. The minimum absolute atomic E-state index is 0.00290. The maximum absolute atomic E-state index is 9.40. The van der Waals surface area contributed by atoms with Gasteiger partial charge in [0.15, 0.2) is 0 Å². The van der Waals surface area contributed by atoms with Crippen molar-refractivity contribution in [2.75, 3.05) is 6.61 Å². The highest BCUT2D eigenvalue weighted by Gasteiger charge is 2.20. The zero-order valence-electron chi connectivity index (χ0n) is 22.1. The van der Waals surface area contributed by atoms with Gasteiger partial charge in [0.1, 0.15) is 11.8 Å². The standard InChI is InChI=1S/C21H19N3O2.C3H9NO.2C2H6/c1-13(2)25-19-10-9-15(11-16(19)12-22)21-23-20(24-26-21)18-8-4-6-14-5-3-7-17(14)18;1-3(4)2-5;2*1-2/h4,6,8-11,13H,3,5,7H2,1-2H3;3,5H,2,4H2,1H3;2*1-2H3. The van der Waals surface area contributed by atoms with Crippen LogP contribution in [0.5, 0.6) is 5.75 Å². The molecule has 1 aliphatic rings. The predicted octanol–water partition coefficient (Wildman–Crippen LogP) is 5.93. The lowest BCUT2D eigenvalue weighted by molar-refractivity contribution is 0.241. The van der Waals surface area contributed by atoms with E-state index < -0.39 is 0 Å². The van der Waals surface area contributed by atoms with E-state index in [0.29, 0.717) is 28.6 Å². The molecule has 0 bridgehead atoms. The Labute approximate surface area is 209 Å². The van der Waals surface area contributed by atoms with Gasteiger partial charge in [-0.25, -0.2) is 0 Å². The first-order valence-electron chi connectivity index (χ1n) is 12.4. The third-order valence-electron chi connectivity index (χ3n) is 4.81. The number of nitrogens with two attached hydrogens (primary N) is 1. The first-order chi connectivity index (χ1) is 16.9. The van der Waals surface area contributed by atoms with Gasteiger partial charge in [-0.1, -0.05) is 51.1 Å². The molecule has 0 saturated carbocycles. The van der Waals surface area contributed by atoms with Gasteiger partial charge >= 0.3 is 0 Å². The number of rotatable bonds is 5. The second-order valence-corrected chi connectivity index (χ2v) is 7.87. The monoisotopic (exact) mass is 480 g/mol. The molecule has 7 nitrogen and oxygen atoms in total. The Morgan fingerprint density at radius 1 is 1.11 bits per heavy atom. The molecule has 3 N–H and O–H groups in total. The van der Waals surface area contributed by atoms with Crippen molar-refractivity contribution >= 4 is 0 Å². The van der Waals surface area contributed by atoms with E-state index in [-0.39, 0.29) is 18.8 Å². The molecule has 4 rings (SSSR count). The zero-order chi connectivity index (χ0) is 26.4. The molecule has 2 aromatic carbocycles. The van der Waals surface area contributed by atoms with Gasteiger partial charge in [-0.3, -0.25) is 0 Å². The van der Waals surface area contributed by atoms with Crippen LogP contribution in [0.25, 0.3) is 22.8 Å². The van der Waals surface area contributed by atoms with Crippen molar-refractivity contribution in [2.24, 2.45) is 5.73 Å². The highest BCUT2D eigenvalue weighted by Crippen LogP contribution is 2.32. The maximum Gasteiger partial charge on any atom is 0.258 e. The Hall–Kier alpha value is -3.21. The molecule has 0 fully saturated rings. The molecule has 0 radical (unpaired) electrons. The normalized spacial score (nSPS) is 12.0. The number of fused-ring (bicyclic) bond motifs is 1. The number of aromatic nitrogens is 2. The number of hydrogen-bond donors (Lipinski definition) is 2. The number of nitrogens with zero attached hydrogens (tertiary/aromatic N) is 3. The fourth-order valence-electron chi connectivity index (χ4n) is 3.39. The van der Waals surface area contributed by atoms with E-state index in [0.717, 1.165) is 18.4 Å². The summed E-state index contributed by atoms with van der Waals surface area (Å²) in [5.41, 5.74) is 9.94. The van der Waals surface area contributed by atoms with E-state index in [9.17, 15) is 5.26 Å². The van der Waals surface area contributed by atoms with E-state index in [2.05, 4.69) is 22.3 Å². The van der Waals surface area contributed by atoms with E-state index in [1.807, 2.05) is 59.7 Å². The SMILES string of the molecule is CC.CC.CC(C)Oc1ccc(-c2nc(-c3cccc4c3CCC4)no2)cc1C#N.CC(N)CO. The van der Waals surface area contributed by atoms with Crippen molar-refractivity contribution in [1.29, 1.82) is 5.26 Å². The van der Waals surface area contributed by atoms with Gasteiger partial charge in [-0.15, -0.1) is 0 Å². The fraction of sp³-hybridized carbons (Fsp3) is 0.464. The van der Waals surface area contributed by atoms with Gasteiger partial charge in [0, 0.05) is 17.2 Å². The Morgan fingerprint density at radius 3 is 2.40 bits per heavy atom. The van der Waals surface area contributed by atoms with E-state index in [1.165, 1.54) is 17.5 Å². The summed E-state index contributed by atoms with van der Waals surface area (Å²) in [6, 6.07) is 13.7. The van der Waals surface area contributed by atoms with Gasteiger partial charge in [-0.2, -0.15) is 10.2 Å². The summed E-state index contributed by atoms with van der Waals surface area (Å²) in [4.78, 5) is 4.57. The summed E-state index contributed by atoms with van der Waals surface area (Å²) in [7, 11) is 0. The second kappa shape index (κ2) is 15.6. The average Bonchev–Trinajstić information content (AvgIpc) is 3.57. The summed E-state index contributed by atoms with van der Waals surface area (Å²) in [5.74, 6) is 1.56. The zero-order valence-corrected chi connectivity index (χ0v) is 22.1. The van der Waals surface area contributed by atoms with Crippen molar-refractivity contribution < 1.29 is 14.4 Å². The summed E-state index contributed by atoms with van der Waals surface area (Å²) in [6.45, 7) is 13.7. The van der Waals surface area contributed by atoms with Crippen LogP contribution in [0.2, 0.25) is 0 Å². The first-order valence-corrected chi connectivity index (χ1v) is 12.4. The molecule has 3 aromatic rings.